The third kappa shape index (κ3) is 4.75. The first kappa shape index (κ1) is 18.7. The predicted octanol–water partition coefficient (Wildman–Crippen LogP) is 5.34. The number of halogens is 2. The summed E-state index contributed by atoms with van der Waals surface area (Å²) < 4.78 is 18.7. The highest BCUT2D eigenvalue weighted by Gasteiger charge is 2.11. The van der Waals surface area contributed by atoms with Gasteiger partial charge in [-0.1, -0.05) is 11.6 Å². The lowest BCUT2D eigenvalue weighted by molar-refractivity contribution is -0.113. The molecule has 4 nitrogen and oxygen atoms in total. The second-order valence-electron chi connectivity index (χ2n) is 5.18. The molecule has 1 heterocycles. The Morgan fingerprint density at radius 1 is 1.31 bits per heavy atom. The fourth-order valence-electron chi connectivity index (χ4n) is 2.12. The quantitative estimate of drug-likeness (QED) is 0.559. The van der Waals surface area contributed by atoms with Gasteiger partial charge in [-0.3, -0.25) is 4.79 Å². The molecule has 0 saturated carbocycles. The number of benzene rings is 2. The van der Waals surface area contributed by atoms with Crippen molar-refractivity contribution < 1.29 is 13.9 Å². The molecule has 134 valence electrons. The van der Waals surface area contributed by atoms with Crippen molar-refractivity contribution in [1.82, 2.24) is 4.98 Å². The van der Waals surface area contributed by atoms with Crippen molar-refractivity contribution in [2.24, 2.45) is 0 Å². The topological polar surface area (TPSA) is 51.2 Å². The van der Waals surface area contributed by atoms with E-state index in [1.165, 1.54) is 36.3 Å². The van der Waals surface area contributed by atoms with Crippen molar-refractivity contribution in [2.45, 2.75) is 4.90 Å². The number of nitrogens with one attached hydrogen (secondary N) is 1. The number of aromatic nitrogens is 1. The summed E-state index contributed by atoms with van der Waals surface area (Å²) in [5.41, 5.74) is 1.22. The Balaban J connectivity index is 1.60. The van der Waals surface area contributed by atoms with Crippen LogP contribution in [0.1, 0.15) is 0 Å². The molecular weight excluding hydrogens is 395 g/mol. The highest BCUT2D eigenvalue weighted by molar-refractivity contribution is 8.00. The average molecular weight is 409 g/mol. The molecule has 0 aliphatic rings. The van der Waals surface area contributed by atoms with Gasteiger partial charge in [0.1, 0.15) is 0 Å². The third-order valence-electron chi connectivity index (χ3n) is 3.38. The number of anilines is 1. The van der Waals surface area contributed by atoms with Crippen LogP contribution in [0.5, 0.6) is 5.75 Å². The molecule has 2 aromatic carbocycles. The Hall–Kier alpha value is -2.09. The van der Waals surface area contributed by atoms with E-state index in [1.54, 1.807) is 29.6 Å². The first-order chi connectivity index (χ1) is 12.5. The SMILES string of the molecule is COc1ccc(-c2csc(NC(=O)CSc3ccc(Cl)cc3)n2)cc1F. The van der Waals surface area contributed by atoms with Crippen LogP contribution in [0.2, 0.25) is 5.02 Å². The minimum Gasteiger partial charge on any atom is -0.494 e. The molecule has 0 radical (unpaired) electrons. The minimum atomic E-state index is -0.456. The fraction of sp³-hybridized carbons (Fsp3) is 0.111. The second-order valence-corrected chi connectivity index (χ2v) is 7.52. The minimum absolute atomic E-state index is 0.160. The maximum absolute atomic E-state index is 13.8. The van der Waals surface area contributed by atoms with Crippen molar-refractivity contribution in [1.29, 1.82) is 0 Å². The molecule has 3 rings (SSSR count). The Kier molecular flexibility index (Phi) is 6.13. The summed E-state index contributed by atoms with van der Waals surface area (Å²) in [7, 11) is 1.41. The van der Waals surface area contributed by atoms with Gasteiger partial charge in [-0.15, -0.1) is 23.1 Å². The molecule has 0 fully saturated rings. The van der Waals surface area contributed by atoms with Crippen LogP contribution in [-0.2, 0) is 4.79 Å². The summed E-state index contributed by atoms with van der Waals surface area (Å²) in [4.78, 5) is 17.4. The van der Waals surface area contributed by atoms with Crippen LogP contribution in [0, 0.1) is 5.82 Å². The van der Waals surface area contributed by atoms with Crippen LogP contribution in [0.3, 0.4) is 0 Å². The van der Waals surface area contributed by atoms with Crippen molar-refractivity contribution in [3.8, 4) is 17.0 Å². The average Bonchev–Trinajstić information content (AvgIpc) is 3.09. The van der Waals surface area contributed by atoms with Crippen molar-refractivity contribution >= 4 is 45.7 Å². The number of methoxy groups -OCH3 is 1. The van der Waals surface area contributed by atoms with E-state index in [1.807, 2.05) is 12.1 Å². The molecule has 0 saturated heterocycles. The molecule has 0 spiro atoms. The van der Waals surface area contributed by atoms with E-state index in [0.29, 0.717) is 21.4 Å². The molecule has 0 atom stereocenters. The lowest BCUT2D eigenvalue weighted by Crippen LogP contribution is -2.13. The molecular formula is C18H14ClFN2O2S2. The molecule has 3 aromatic rings. The summed E-state index contributed by atoms with van der Waals surface area (Å²) in [5, 5.41) is 5.65. The standard InChI is InChI=1S/C18H14ClFN2O2S2/c1-24-16-7-2-11(8-14(16)20)15-9-26-18(21-15)22-17(23)10-25-13-5-3-12(19)4-6-13/h2-9H,10H2,1H3,(H,21,22,23). The fourth-order valence-corrected chi connectivity index (χ4v) is 3.68. The number of carbonyl (C=O) groups excluding carboxylic acids is 1. The van der Waals surface area contributed by atoms with Gasteiger partial charge in [0, 0.05) is 20.9 Å². The number of amides is 1. The smallest absolute Gasteiger partial charge is 0.236 e. The van der Waals surface area contributed by atoms with Gasteiger partial charge in [0.05, 0.1) is 18.6 Å². The Morgan fingerprint density at radius 3 is 2.77 bits per heavy atom. The molecule has 1 amide bonds. The van der Waals surface area contributed by atoms with Gasteiger partial charge in [-0.05, 0) is 42.5 Å². The van der Waals surface area contributed by atoms with E-state index in [-0.39, 0.29) is 17.4 Å². The second kappa shape index (κ2) is 8.53. The molecule has 26 heavy (non-hydrogen) atoms. The first-order valence-corrected chi connectivity index (χ1v) is 9.77. The summed E-state index contributed by atoms with van der Waals surface area (Å²) in [6.07, 6.45) is 0. The molecule has 1 aromatic heterocycles. The number of carbonyl (C=O) groups is 1. The zero-order valence-electron chi connectivity index (χ0n) is 13.7. The van der Waals surface area contributed by atoms with Crippen LogP contribution in [0.25, 0.3) is 11.3 Å². The molecule has 0 unspecified atom stereocenters. The lowest BCUT2D eigenvalue weighted by Gasteiger charge is -2.03. The monoisotopic (exact) mass is 408 g/mol. The van der Waals surface area contributed by atoms with Gasteiger partial charge in [0.25, 0.3) is 0 Å². The summed E-state index contributed by atoms with van der Waals surface area (Å²) >= 11 is 8.53. The Morgan fingerprint density at radius 2 is 2.08 bits per heavy atom. The van der Waals surface area contributed by atoms with Crippen LogP contribution in [0.15, 0.2) is 52.7 Å². The van der Waals surface area contributed by atoms with Crippen molar-refractivity contribution in [2.75, 3.05) is 18.2 Å². The van der Waals surface area contributed by atoms with E-state index >= 15 is 0 Å². The number of hydrogen-bond donors (Lipinski definition) is 1. The first-order valence-electron chi connectivity index (χ1n) is 7.53. The molecule has 0 aliphatic heterocycles. The molecule has 0 aliphatic carbocycles. The highest BCUT2D eigenvalue weighted by atomic mass is 35.5. The number of thioether (sulfide) groups is 1. The van der Waals surface area contributed by atoms with Crippen LogP contribution < -0.4 is 10.1 Å². The predicted molar refractivity (Wildman–Crippen MR) is 105 cm³/mol. The summed E-state index contributed by atoms with van der Waals surface area (Å²) in [6, 6.07) is 11.9. The van der Waals surface area contributed by atoms with Gasteiger partial charge in [-0.2, -0.15) is 0 Å². The van der Waals surface area contributed by atoms with Crippen LogP contribution >= 0.6 is 34.7 Å². The van der Waals surface area contributed by atoms with E-state index < -0.39 is 5.82 Å². The number of thiazole rings is 1. The summed E-state index contributed by atoms with van der Waals surface area (Å²) in [6.45, 7) is 0. The van der Waals surface area contributed by atoms with Crippen LogP contribution in [-0.4, -0.2) is 23.8 Å². The molecule has 1 N–H and O–H groups in total. The zero-order chi connectivity index (χ0) is 18.5. The zero-order valence-corrected chi connectivity index (χ0v) is 16.1. The van der Waals surface area contributed by atoms with Crippen LogP contribution in [0.4, 0.5) is 9.52 Å². The van der Waals surface area contributed by atoms with E-state index in [0.717, 1.165) is 4.90 Å². The largest absolute Gasteiger partial charge is 0.494 e. The van der Waals surface area contributed by atoms with Crippen molar-refractivity contribution in [3.05, 3.63) is 58.7 Å². The molecule has 0 bridgehead atoms. The number of rotatable bonds is 6. The third-order valence-corrected chi connectivity index (χ3v) is 5.40. The maximum atomic E-state index is 13.8. The Bertz CT molecular complexity index is 916. The van der Waals surface area contributed by atoms with E-state index in [2.05, 4.69) is 10.3 Å². The van der Waals surface area contributed by atoms with E-state index in [4.69, 9.17) is 16.3 Å². The lowest BCUT2D eigenvalue weighted by atomic mass is 10.1. The van der Waals surface area contributed by atoms with Gasteiger partial charge in [0.2, 0.25) is 5.91 Å². The molecule has 8 heteroatoms. The van der Waals surface area contributed by atoms with Gasteiger partial charge >= 0.3 is 0 Å². The number of ether oxygens (including phenoxy) is 1. The normalized spacial score (nSPS) is 10.6. The van der Waals surface area contributed by atoms with Crippen molar-refractivity contribution in [3.63, 3.8) is 0 Å². The number of nitrogens with zero attached hydrogens (tertiary/aromatic N) is 1. The van der Waals surface area contributed by atoms with Gasteiger partial charge < -0.3 is 10.1 Å². The summed E-state index contributed by atoms with van der Waals surface area (Å²) in [5.74, 6) is -0.181. The number of hydrogen-bond acceptors (Lipinski definition) is 5. The van der Waals surface area contributed by atoms with Gasteiger partial charge in [0.15, 0.2) is 16.7 Å². The maximum Gasteiger partial charge on any atom is 0.236 e. The Labute approximate surface area is 163 Å². The van der Waals surface area contributed by atoms with Gasteiger partial charge in [-0.25, -0.2) is 9.37 Å². The van der Waals surface area contributed by atoms with E-state index in [9.17, 15) is 9.18 Å². The highest BCUT2D eigenvalue weighted by Crippen LogP contribution is 2.28.